The lowest BCUT2D eigenvalue weighted by Crippen LogP contribution is -1.97. The zero-order valence-electron chi connectivity index (χ0n) is 6.55. The minimum absolute atomic E-state index is 0.0833. The summed E-state index contributed by atoms with van der Waals surface area (Å²) in [7, 11) is 0. The minimum Gasteiger partial charge on any atom is -0.396 e. The van der Waals surface area contributed by atoms with Crippen molar-refractivity contribution >= 4 is 16.8 Å². The van der Waals surface area contributed by atoms with Crippen LogP contribution in [0.25, 0.3) is 0 Å². The number of hydrogen-bond acceptors (Lipinski definition) is 3. The monoisotopic (exact) mass is 176 g/mol. The molecule has 0 saturated carbocycles. The highest BCUT2D eigenvalue weighted by atomic mass is 35.5. The van der Waals surface area contributed by atoms with Gasteiger partial charge in [0.2, 0.25) is 0 Å². The molecule has 0 bridgehead atoms. The summed E-state index contributed by atoms with van der Waals surface area (Å²) in [6.07, 6.45) is 2.83. The van der Waals surface area contributed by atoms with Crippen LogP contribution in [0.5, 0.6) is 0 Å². The first-order valence-electron chi connectivity index (χ1n) is 3.50. The van der Waals surface area contributed by atoms with E-state index in [0.717, 1.165) is 0 Å². The Morgan fingerprint density at radius 1 is 1.73 bits per heavy atom. The van der Waals surface area contributed by atoms with Gasteiger partial charge in [0.25, 0.3) is 0 Å². The summed E-state index contributed by atoms with van der Waals surface area (Å²) in [5, 5.41) is 8.91. The van der Waals surface area contributed by atoms with E-state index in [9.17, 15) is 0 Å². The Hall–Kier alpha value is -0.540. The van der Waals surface area contributed by atoms with Crippen LogP contribution in [0.1, 0.15) is 19.8 Å². The van der Waals surface area contributed by atoms with Crippen LogP contribution in [0.4, 0.5) is 0 Å². The van der Waals surface area contributed by atoms with Gasteiger partial charge in [-0.3, -0.25) is 0 Å². The predicted octanol–water partition coefficient (Wildman–Crippen LogP) is 1.22. The molecular weight excluding hydrogens is 164 g/mol. The summed E-state index contributed by atoms with van der Waals surface area (Å²) < 4.78 is 0. The van der Waals surface area contributed by atoms with Crippen molar-refractivity contribution in [2.75, 3.05) is 6.61 Å². The van der Waals surface area contributed by atoms with E-state index in [1.165, 1.54) is 0 Å². The molecule has 0 heterocycles. The van der Waals surface area contributed by atoms with Crippen LogP contribution in [-0.2, 0) is 0 Å². The summed E-state index contributed by atoms with van der Waals surface area (Å²) in [6, 6.07) is 0. The number of aliphatic hydroxyl groups is 1. The first-order valence-corrected chi connectivity index (χ1v) is 3.88. The van der Waals surface area contributed by atoms with Crippen molar-refractivity contribution in [3.8, 4) is 0 Å². The van der Waals surface area contributed by atoms with Gasteiger partial charge in [0.05, 0.1) is 0 Å². The minimum atomic E-state index is 0.0833. The average Bonchev–Trinajstić information content (AvgIpc) is 2.00. The summed E-state index contributed by atoms with van der Waals surface area (Å²) >= 11 is 5.61. The molecule has 0 aliphatic heterocycles. The Kier molecular flexibility index (Phi) is 5.88. The molecule has 0 aromatic heterocycles. The van der Waals surface area contributed by atoms with Crippen LogP contribution in [0.3, 0.4) is 0 Å². The van der Waals surface area contributed by atoms with Gasteiger partial charge in [0.1, 0.15) is 11.0 Å². The number of aliphatic imine (C=N–C) groups is 1. The van der Waals surface area contributed by atoms with Crippen LogP contribution in [0.2, 0.25) is 0 Å². The molecule has 64 valence electrons. The lowest BCUT2D eigenvalue weighted by Gasteiger charge is -1.93. The molecule has 3 nitrogen and oxygen atoms in total. The van der Waals surface area contributed by atoms with E-state index in [1.807, 2.05) is 6.92 Å². The van der Waals surface area contributed by atoms with Crippen molar-refractivity contribution in [2.24, 2.45) is 10.7 Å². The molecule has 3 N–H and O–H groups in total. The first-order chi connectivity index (χ1) is 5.20. The Morgan fingerprint density at radius 3 is 2.82 bits per heavy atom. The van der Waals surface area contributed by atoms with Gasteiger partial charge < -0.3 is 10.8 Å². The molecule has 0 unspecified atom stereocenters. The van der Waals surface area contributed by atoms with Gasteiger partial charge in [-0.05, 0) is 18.9 Å². The zero-order valence-corrected chi connectivity index (χ0v) is 7.30. The third-order valence-corrected chi connectivity index (χ3v) is 1.38. The van der Waals surface area contributed by atoms with E-state index in [2.05, 4.69) is 4.99 Å². The van der Waals surface area contributed by atoms with Gasteiger partial charge in [-0.25, -0.2) is 4.99 Å². The number of nitrogens with two attached hydrogens (primary N) is 1. The van der Waals surface area contributed by atoms with Crippen LogP contribution in [-0.4, -0.2) is 16.9 Å². The van der Waals surface area contributed by atoms with Crippen LogP contribution in [0, 0.1) is 0 Å². The number of aliphatic hydroxyl groups excluding tert-OH is 1. The molecule has 0 fully saturated rings. The molecule has 0 aromatic rings. The number of halogens is 1. The molecule has 4 heteroatoms. The van der Waals surface area contributed by atoms with Crippen LogP contribution < -0.4 is 5.73 Å². The molecule has 0 spiro atoms. The third kappa shape index (κ3) is 5.88. The highest BCUT2D eigenvalue weighted by Crippen LogP contribution is 1.97. The van der Waals surface area contributed by atoms with Gasteiger partial charge in [0.15, 0.2) is 0 Å². The highest BCUT2D eigenvalue weighted by molar-refractivity contribution is 6.65. The van der Waals surface area contributed by atoms with Gasteiger partial charge in [-0.1, -0.05) is 18.5 Å². The first kappa shape index (κ1) is 10.5. The van der Waals surface area contributed by atoms with Crippen molar-refractivity contribution in [1.29, 1.82) is 0 Å². The largest absolute Gasteiger partial charge is 0.396 e. The molecule has 0 radical (unpaired) electrons. The SMILES string of the molecule is CC/C(Cl)=N\C(N)=C/CCO. The second-order valence-corrected chi connectivity index (χ2v) is 2.42. The fourth-order valence-electron chi connectivity index (χ4n) is 0.477. The Bertz CT molecular complexity index is 166. The number of nitrogens with zero attached hydrogens (tertiary/aromatic N) is 1. The fraction of sp³-hybridized carbons (Fsp3) is 0.571. The van der Waals surface area contributed by atoms with Gasteiger partial charge in [-0.15, -0.1) is 0 Å². The van der Waals surface area contributed by atoms with Crippen molar-refractivity contribution in [2.45, 2.75) is 19.8 Å². The Balaban J connectivity index is 3.93. The van der Waals surface area contributed by atoms with Crippen molar-refractivity contribution in [3.63, 3.8) is 0 Å². The normalized spacial score (nSPS) is 13.7. The maximum absolute atomic E-state index is 8.42. The summed E-state index contributed by atoms with van der Waals surface area (Å²) in [5.74, 6) is 0.367. The fourth-order valence-corrected chi connectivity index (χ4v) is 0.575. The van der Waals surface area contributed by atoms with E-state index in [4.69, 9.17) is 22.4 Å². The second-order valence-electron chi connectivity index (χ2n) is 1.98. The van der Waals surface area contributed by atoms with E-state index in [-0.39, 0.29) is 6.61 Å². The van der Waals surface area contributed by atoms with Crippen molar-refractivity contribution in [3.05, 3.63) is 11.9 Å². The summed E-state index contributed by atoms with van der Waals surface area (Å²) in [4.78, 5) is 3.84. The topological polar surface area (TPSA) is 58.6 Å². The third-order valence-electron chi connectivity index (χ3n) is 1.02. The molecule has 0 amide bonds. The van der Waals surface area contributed by atoms with Crippen molar-refractivity contribution < 1.29 is 5.11 Å². The molecule has 0 atom stereocenters. The van der Waals surface area contributed by atoms with E-state index < -0.39 is 0 Å². The Labute approximate surface area is 71.6 Å². The quantitative estimate of drug-likeness (QED) is 0.633. The Morgan fingerprint density at radius 2 is 2.36 bits per heavy atom. The van der Waals surface area contributed by atoms with E-state index in [0.29, 0.717) is 23.8 Å². The van der Waals surface area contributed by atoms with Crippen molar-refractivity contribution in [1.82, 2.24) is 0 Å². The molecular formula is C7H13ClN2O. The average molecular weight is 177 g/mol. The maximum atomic E-state index is 8.42. The van der Waals surface area contributed by atoms with Gasteiger partial charge in [-0.2, -0.15) is 0 Å². The lowest BCUT2D eigenvalue weighted by molar-refractivity contribution is 0.302. The molecule has 0 aromatic carbocycles. The van der Waals surface area contributed by atoms with Gasteiger partial charge in [0, 0.05) is 6.61 Å². The molecule has 11 heavy (non-hydrogen) atoms. The standard InChI is InChI=1S/C7H13ClN2O/c1-2-6(8)10-7(9)4-3-5-11/h4,11H,2-3,5,9H2,1H3/b7-4-,10-6+. The molecule has 0 aliphatic rings. The molecule has 0 rings (SSSR count). The van der Waals surface area contributed by atoms with Crippen LogP contribution in [0.15, 0.2) is 16.9 Å². The second kappa shape index (κ2) is 6.19. The zero-order chi connectivity index (χ0) is 8.69. The van der Waals surface area contributed by atoms with Gasteiger partial charge >= 0.3 is 0 Å². The van der Waals surface area contributed by atoms with E-state index >= 15 is 0 Å². The molecule has 0 aliphatic carbocycles. The highest BCUT2D eigenvalue weighted by Gasteiger charge is 1.89. The molecule has 0 saturated heterocycles. The maximum Gasteiger partial charge on any atom is 0.120 e. The smallest absolute Gasteiger partial charge is 0.120 e. The number of rotatable bonds is 4. The summed E-state index contributed by atoms with van der Waals surface area (Å²) in [6.45, 7) is 1.98. The predicted molar refractivity (Wildman–Crippen MR) is 47.6 cm³/mol. The lowest BCUT2D eigenvalue weighted by atomic mass is 10.4. The van der Waals surface area contributed by atoms with Crippen LogP contribution >= 0.6 is 11.6 Å². The number of hydrogen-bond donors (Lipinski definition) is 2. The summed E-state index contributed by atoms with van der Waals surface area (Å²) in [5.41, 5.74) is 5.41. The van der Waals surface area contributed by atoms with E-state index in [1.54, 1.807) is 6.08 Å².